The van der Waals surface area contributed by atoms with Crippen LogP contribution in [0.1, 0.15) is 46.3 Å². The summed E-state index contributed by atoms with van der Waals surface area (Å²) in [5.74, 6) is -1.26. The number of amides is 1. The number of hydrogen-bond donors (Lipinski definition) is 2. The molecule has 0 fully saturated rings. The van der Waals surface area contributed by atoms with Crippen LogP contribution in [0.3, 0.4) is 0 Å². The number of rotatable bonds is 6. The molecule has 0 unspecified atom stereocenters. The molecule has 1 atom stereocenters. The predicted molar refractivity (Wildman–Crippen MR) is 72.2 cm³/mol. The molecule has 0 aliphatic rings. The number of unbranched alkanes of at least 4 members (excludes halogenated alkanes) is 1. The summed E-state index contributed by atoms with van der Waals surface area (Å²) in [6.45, 7) is 5.88. The van der Waals surface area contributed by atoms with Gasteiger partial charge in [0, 0.05) is 4.88 Å². The normalized spacial score (nSPS) is 12.2. The zero-order valence-corrected chi connectivity index (χ0v) is 11.8. The first-order chi connectivity index (χ1) is 8.45. The molecule has 1 aromatic heterocycles. The maximum absolute atomic E-state index is 11.9. The highest BCUT2D eigenvalue weighted by atomic mass is 32.1. The number of aryl methyl sites for hydroxylation is 2. The van der Waals surface area contributed by atoms with E-state index in [1.54, 1.807) is 6.07 Å². The number of thiophene rings is 1. The molecule has 100 valence electrons. The van der Waals surface area contributed by atoms with E-state index < -0.39 is 12.0 Å². The molecule has 1 amide bonds. The SMILES string of the molecule is CCCC[C@H](NC(=O)c1cc(C)c(C)s1)C(=O)O. The maximum Gasteiger partial charge on any atom is 0.326 e. The van der Waals surface area contributed by atoms with Crippen LogP contribution >= 0.6 is 11.3 Å². The third kappa shape index (κ3) is 3.84. The first-order valence-electron chi connectivity index (χ1n) is 6.06. The summed E-state index contributed by atoms with van der Waals surface area (Å²) >= 11 is 1.40. The summed E-state index contributed by atoms with van der Waals surface area (Å²) in [4.78, 5) is 24.6. The summed E-state index contributed by atoms with van der Waals surface area (Å²) < 4.78 is 0. The van der Waals surface area contributed by atoms with E-state index >= 15 is 0 Å². The van der Waals surface area contributed by atoms with Crippen molar-refractivity contribution in [2.45, 2.75) is 46.1 Å². The molecule has 0 aliphatic heterocycles. The van der Waals surface area contributed by atoms with Crippen LogP contribution in [0.5, 0.6) is 0 Å². The fourth-order valence-corrected chi connectivity index (χ4v) is 2.52. The second-order valence-corrected chi connectivity index (χ2v) is 5.61. The minimum absolute atomic E-state index is 0.292. The molecule has 4 nitrogen and oxygen atoms in total. The molecule has 0 saturated carbocycles. The average molecular weight is 269 g/mol. The molecule has 0 bridgehead atoms. The van der Waals surface area contributed by atoms with Gasteiger partial charge in [0.05, 0.1) is 4.88 Å². The van der Waals surface area contributed by atoms with Crippen LogP contribution < -0.4 is 5.32 Å². The van der Waals surface area contributed by atoms with Crippen molar-refractivity contribution in [3.8, 4) is 0 Å². The Morgan fingerprint density at radius 2 is 2.11 bits per heavy atom. The van der Waals surface area contributed by atoms with Crippen molar-refractivity contribution < 1.29 is 14.7 Å². The first-order valence-corrected chi connectivity index (χ1v) is 6.88. The van der Waals surface area contributed by atoms with E-state index in [2.05, 4.69) is 5.32 Å². The Labute approximate surface area is 111 Å². The lowest BCUT2D eigenvalue weighted by molar-refractivity contribution is -0.139. The second kappa shape index (κ2) is 6.54. The lowest BCUT2D eigenvalue weighted by Gasteiger charge is -2.13. The molecule has 0 radical (unpaired) electrons. The summed E-state index contributed by atoms with van der Waals surface area (Å²) in [6.07, 6.45) is 2.18. The fourth-order valence-electron chi connectivity index (χ4n) is 1.58. The van der Waals surface area contributed by atoms with E-state index in [1.807, 2.05) is 20.8 Å². The monoisotopic (exact) mass is 269 g/mol. The number of carbonyl (C=O) groups is 2. The van der Waals surface area contributed by atoms with Crippen molar-refractivity contribution >= 4 is 23.2 Å². The second-order valence-electron chi connectivity index (χ2n) is 4.36. The number of carbonyl (C=O) groups excluding carboxylic acids is 1. The van der Waals surface area contributed by atoms with Crippen LogP contribution in [0.4, 0.5) is 0 Å². The van der Waals surface area contributed by atoms with Crippen molar-refractivity contribution in [1.82, 2.24) is 5.32 Å². The largest absolute Gasteiger partial charge is 0.480 e. The zero-order chi connectivity index (χ0) is 13.7. The van der Waals surface area contributed by atoms with Gasteiger partial charge >= 0.3 is 5.97 Å². The first kappa shape index (κ1) is 14.7. The lowest BCUT2D eigenvalue weighted by Crippen LogP contribution is -2.40. The number of nitrogens with one attached hydrogen (secondary N) is 1. The molecule has 5 heteroatoms. The molecule has 0 saturated heterocycles. The molecular weight excluding hydrogens is 250 g/mol. The van der Waals surface area contributed by atoms with Gasteiger partial charge in [-0.05, 0) is 31.9 Å². The van der Waals surface area contributed by atoms with Gasteiger partial charge in [0.25, 0.3) is 5.91 Å². The van der Waals surface area contributed by atoms with E-state index in [4.69, 9.17) is 5.11 Å². The standard InChI is InChI=1S/C13H19NO3S/c1-4-5-6-10(13(16)17)14-12(15)11-7-8(2)9(3)18-11/h7,10H,4-6H2,1-3H3,(H,14,15)(H,16,17)/t10-/m0/s1. The van der Waals surface area contributed by atoms with Gasteiger partial charge < -0.3 is 10.4 Å². The van der Waals surface area contributed by atoms with Gasteiger partial charge in [-0.25, -0.2) is 4.79 Å². The molecular formula is C13H19NO3S. The number of carboxylic acid groups (broad SMARTS) is 1. The van der Waals surface area contributed by atoms with Crippen molar-refractivity contribution in [2.24, 2.45) is 0 Å². The Balaban J connectivity index is 2.69. The smallest absolute Gasteiger partial charge is 0.326 e. The average Bonchev–Trinajstić information content (AvgIpc) is 2.64. The highest BCUT2D eigenvalue weighted by Gasteiger charge is 2.21. The summed E-state index contributed by atoms with van der Waals surface area (Å²) in [5.41, 5.74) is 1.06. The zero-order valence-electron chi connectivity index (χ0n) is 10.9. The third-order valence-electron chi connectivity index (χ3n) is 2.84. The quantitative estimate of drug-likeness (QED) is 0.834. The van der Waals surface area contributed by atoms with E-state index in [0.29, 0.717) is 11.3 Å². The fraction of sp³-hybridized carbons (Fsp3) is 0.538. The molecule has 0 aliphatic carbocycles. The van der Waals surface area contributed by atoms with Gasteiger partial charge in [-0.2, -0.15) is 0 Å². The third-order valence-corrected chi connectivity index (χ3v) is 3.99. The van der Waals surface area contributed by atoms with E-state index in [9.17, 15) is 9.59 Å². The molecule has 18 heavy (non-hydrogen) atoms. The maximum atomic E-state index is 11.9. The Kier molecular flexibility index (Phi) is 5.34. The van der Waals surface area contributed by atoms with Crippen molar-refractivity contribution in [3.63, 3.8) is 0 Å². The molecule has 1 aromatic rings. The Hall–Kier alpha value is -1.36. The minimum atomic E-state index is -0.971. The topological polar surface area (TPSA) is 66.4 Å². The van der Waals surface area contributed by atoms with Crippen LogP contribution in [-0.2, 0) is 4.79 Å². The summed E-state index contributed by atoms with van der Waals surface area (Å²) in [6, 6.07) is 1.01. The van der Waals surface area contributed by atoms with Gasteiger partial charge in [-0.3, -0.25) is 4.79 Å². The predicted octanol–water partition coefficient (Wildman–Crippen LogP) is 2.74. The number of carboxylic acids is 1. The highest BCUT2D eigenvalue weighted by Crippen LogP contribution is 2.20. The van der Waals surface area contributed by atoms with Crippen LogP contribution in [0.15, 0.2) is 6.07 Å². The van der Waals surface area contributed by atoms with Gasteiger partial charge in [0.2, 0.25) is 0 Å². The molecule has 1 heterocycles. The van der Waals surface area contributed by atoms with Crippen LogP contribution in [0.25, 0.3) is 0 Å². The van der Waals surface area contributed by atoms with Crippen molar-refractivity contribution in [1.29, 1.82) is 0 Å². The molecule has 2 N–H and O–H groups in total. The van der Waals surface area contributed by atoms with Gasteiger partial charge in [0.1, 0.15) is 6.04 Å². The summed E-state index contributed by atoms with van der Waals surface area (Å²) in [7, 11) is 0. The minimum Gasteiger partial charge on any atom is -0.480 e. The molecule has 0 spiro atoms. The lowest BCUT2D eigenvalue weighted by atomic mass is 10.1. The van der Waals surface area contributed by atoms with Crippen LogP contribution in [0.2, 0.25) is 0 Å². The number of aliphatic carboxylic acids is 1. The van der Waals surface area contributed by atoms with Crippen molar-refractivity contribution in [3.05, 3.63) is 21.4 Å². The van der Waals surface area contributed by atoms with E-state index in [0.717, 1.165) is 23.3 Å². The van der Waals surface area contributed by atoms with Gasteiger partial charge in [-0.15, -0.1) is 11.3 Å². The van der Waals surface area contributed by atoms with Crippen LogP contribution in [-0.4, -0.2) is 23.0 Å². The Morgan fingerprint density at radius 3 is 2.56 bits per heavy atom. The van der Waals surface area contributed by atoms with E-state index in [-0.39, 0.29) is 5.91 Å². The van der Waals surface area contributed by atoms with E-state index in [1.165, 1.54) is 11.3 Å². The molecule has 0 aromatic carbocycles. The molecule has 1 rings (SSSR count). The highest BCUT2D eigenvalue weighted by molar-refractivity contribution is 7.14. The van der Waals surface area contributed by atoms with Crippen molar-refractivity contribution in [2.75, 3.05) is 0 Å². The Bertz CT molecular complexity index is 420. The summed E-state index contributed by atoms with van der Waals surface area (Å²) in [5, 5.41) is 11.6. The van der Waals surface area contributed by atoms with Gasteiger partial charge in [0.15, 0.2) is 0 Å². The number of hydrogen-bond acceptors (Lipinski definition) is 3. The van der Waals surface area contributed by atoms with Crippen LogP contribution in [0, 0.1) is 13.8 Å². The van der Waals surface area contributed by atoms with Gasteiger partial charge in [-0.1, -0.05) is 19.8 Å². The Morgan fingerprint density at radius 1 is 1.44 bits per heavy atom.